The Labute approximate surface area is 127 Å². The Hall–Kier alpha value is -0.770. The molecular formula is C16H18BrNS. The molecule has 1 nitrogen and oxygen atoms in total. The fraction of sp³-hybridized carbons (Fsp3) is 0.250. The van der Waals surface area contributed by atoms with Gasteiger partial charge in [0.25, 0.3) is 0 Å². The Morgan fingerprint density at radius 1 is 1.11 bits per heavy atom. The van der Waals surface area contributed by atoms with E-state index in [0.29, 0.717) is 6.04 Å². The summed E-state index contributed by atoms with van der Waals surface area (Å²) in [4.78, 5) is 2.59. The van der Waals surface area contributed by atoms with Crippen LogP contribution in [0.5, 0.6) is 0 Å². The molecule has 0 aliphatic carbocycles. The van der Waals surface area contributed by atoms with Crippen molar-refractivity contribution in [3.63, 3.8) is 0 Å². The Morgan fingerprint density at radius 3 is 2.42 bits per heavy atom. The first-order chi connectivity index (χ1) is 9.24. The molecule has 0 saturated heterocycles. The molecule has 3 heteroatoms. The van der Waals surface area contributed by atoms with Crippen molar-refractivity contribution in [2.24, 2.45) is 0 Å². The summed E-state index contributed by atoms with van der Waals surface area (Å²) in [6, 6.07) is 17.5. The first-order valence-corrected chi connectivity index (χ1v) is 8.05. The van der Waals surface area contributed by atoms with Crippen molar-refractivity contribution < 1.29 is 0 Å². The average Bonchev–Trinajstić information content (AvgIpc) is 2.44. The minimum atomic E-state index is 0.416. The van der Waals surface area contributed by atoms with Crippen molar-refractivity contribution in [1.82, 2.24) is 5.32 Å². The first kappa shape index (κ1) is 14.6. The highest BCUT2D eigenvalue weighted by Gasteiger charge is 2.11. The maximum Gasteiger partial charge on any atom is 0.0326 e. The molecule has 0 radical (unpaired) electrons. The van der Waals surface area contributed by atoms with Crippen LogP contribution >= 0.6 is 27.7 Å². The van der Waals surface area contributed by atoms with Crippen molar-refractivity contribution in [3.8, 4) is 0 Å². The lowest BCUT2D eigenvalue weighted by molar-refractivity contribution is 0.568. The highest BCUT2D eigenvalue weighted by Crippen LogP contribution is 2.34. The molecule has 0 saturated carbocycles. The van der Waals surface area contributed by atoms with Crippen molar-refractivity contribution >= 4 is 27.7 Å². The van der Waals surface area contributed by atoms with Gasteiger partial charge in [-0.2, -0.15) is 0 Å². The van der Waals surface area contributed by atoms with Gasteiger partial charge >= 0.3 is 0 Å². The van der Waals surface area contributed by atoms with Crippen LogP contribution in [-0.2, 0) is 0 Å². The molecule has 2 aromatic carbocycles. The predicted molar refractivity (Wildman–Crippen MR) is 86.8 cm³/mol. The SMILES string of the molecule is CCC(NC)c1ccccc1Sc1ccc(Br)cc1. The molecule has 1 N–H and O–H groups in total. The maximum absolute atomic E-state index is 3.47. The summed E-state index contributed by atoms with van der Waals surface area (Å²) in [5, 5.41) is 3.38. The number of hydrogen-bond acceptors (Lipinski definition) is 2. The molecule has 0 spiro atoms. The van der Waals surface area contributed by atoms with Gasteiger partial charge in [-0.05, 0) is 49.4 Å². The summed E-state index contributed by atoms with van der Waals surface area (Å²) >= 11 is 5.29. The standard InChI is InChI=1S/C16H18BrNS/c1-3-15(18-2)14-6-4-5-7-16(14)19-13-10-8-12(17)9-11-13/h4-11,15,18H,3H2,1-2H3. The van der Waals surface area contributed by atoms with Crippen LogP contribution in [0.25, 0.3) is 0 Å². The van der Waals surface area contributed by atoms with Gasteiger partial charge in [0.15, 0.2) is 0 Å². The van der Waals surface area contributed by atoms with Gasteiger partial charge in [0, 0.05) is 20.3 Å². The number of rotatable bonds is 5. The minimum Gasteiger partial charge on any atom is -0.313 e. The van der Waals surface area contributed by atoms with Crippen LogP contribution < -0.4 is 5.32 Å². The van der Waals surface area contributed by atoms with E-state index in [1.807, 2.05) is 18.8 Å². The lowest BCUT2D eigenvalue weighted by Crippen LogP contribution is -2.15. The third-order valence-corrected chi connectivity index (χ3v) is 4.72. The van der Waals surface area contributed by atoms with E-state index >= 15 is 0 Å². The topological polar surface area (TPSA) is 12.0 Å². The Balaban J connectivity index is 2.27. The van der Waals surface area contributed by atoms with Crippen LogP contribution in [0.1, 0.15) is 24.9 Å². The highest BCUT2D eigenvalue weighted by atomic mass is 79.9. The smallest absolute Gasteiger partial charge is 0.0326 e. The van der Waals surface area contributed by atoms with Gasteiger partial charge in [0.1, 0.15) is 0 Å². The molecule has 19 heavy (non-hydrogen) atoms. The highest BCUT2D eigenvalue weighted by molar-refractivity contribution is 9.10. The largest absolute Gasteiger partial charge is 0.313 e. The quantitative estimate of drug-likeness (QED) is 0.798. The summed E-state index contributed by atoms with van der Waals surface area (Å²) in [7, 11) is 2.02. The summed E-state index contributed by atoms with van der Waals surface area (Å²) in [5.41, 5.74) is 1.38. The molecule has 100 valence electrons. The summed E-state index contributed by atoms with van der Waals surface area (Å²) < 4.78 is 1.12. The van der Waals surface area contributed by atoms with Crippen LogP contribution in [0.4, 0.5) is 0 Å². The summed E-state index contributed by atoms with van der Waals surface area (Å²) in [5.74, 6) is 0. The molecule has 0 aliphatic heterocycles. The molecule has 0 amide bonds. The average molecular weight is 336 g/mol. The zero-order chi connectivity index (χ0) is 13.7. The molecule has 2 aromatic rings. The zero-order valence-corrected chi connectivity index (χ0v) is 13.6. The van der Waals surface area contributed by atoms with Gasteiger partial charge < -0.3 is 5.32 Å². The van der Waals surface area contributed by atoms with E-state index in [1.54, 1.807) is 0 Å². The molecule has 0 fully saturated rings. The van der Waals surface area contributed by atoms with Crippen LogP contribution in [0.15, 0.2) is 62.8 Å². The van der Waals surface area contributed by atoms with E-state index in [1.165, 1.54) is 15.4 Å². The molecule has 0 aromatic heterocycles. The Bertz CT molecular complexity index is 521. The first-order valence-electron chi connectivity index (χ1n) is 6.44. The number of halogens is 1. The Kier molecular flexibility index (Phi) is 5.49. The third-order valence-electron chi connectivity index (χ3n) is 3.09. The van der Waals surface area contributed by atoms with Crippen molar-refractivity contribution in [2.45, 2.75) is 29.2 Å². The van der Waals surface area contributed by atoms with E-state index in [4.69, 9.17) is 0 Å². The van der Waals surface area contributed by atoms with Crippen LogP contribution in [0, 0.1) is 0 Å². The second-order valence-electron chi connectivity index (χ2n) is 4.34. The monoisotopic (exact) mass is 335 g/mol. The fourth-order valence-corrected chi connectivity index (χ4v) is 3.34. The lowest BCUT2D eigenvalue weighted by atomic mass is 10.1. The van der Waals surface area contributed by atoms with Crippen molar-refractivity contribution in [2.75, 3.05) is 7.05 Å². The molecule has 1 atom stereocenters. The maximum atomic E-state index is 3.47. The van der Waals surface area contributed by atoms with Crippen molar-refractivity contribution in [1.29, 1.82) is 0 Å². The molecule has 1 unspecified atom stereocenters. The summed E-state index contributed by atoms with van der Waals surface area (Å²) in [6.07, 6.45) is 1.09. The zero-order valence-electron chi connectivity index (χ0n) is 11.2. The third kappa shape index (κ3) is 3.85. The van der Waals surface area contributed by atoms with E-state index < -0.39 is 0 Å². The van der Waals surface area contributed by atoms with E-state index in [-0.39, 0.29) is 0 Å². The van der Waals surface area contributed by atoms with Crippen LogP contribution in [0.2, 0.25) is 0 Å². The van der Waals surface area contributed by atoms with Gasteiger partial charge in [-0.25, -0.2) is 0 Å². The normalized spacial score (nSPS) is 12.4. The second-order valence-corrected chi connectivity index (χ2v) is 6.37. The van der Waals surface area contributed by atoms with Crippen LogP contribution in [0.3, 0.4) is 0 Å². The predicted octanol–water partition coefficient (Wildman–Crippen LogP) is 5.27. The lowest BCUT2D eigenvalue weighted by Gasteiger charge is -2.18. The molecule has 0 aliphatic rings. The summed E-state index contributed by atoms with van der Waals surface area (Å²) in [6.45, 7) is 2.21. The molecule has 0 bridgehead atoms. The number of nitrogens with one attached hydrogen (secondary N) is 1. The van der Waals surface area contributed by atoms with Gasteiger partial charge in [0.2, 0.25) is 0 Å². The molecule has 2 rings (SSSR count). The molecule has 0 heterocycles. The number of benzene rings is 2. The van der Waals surface area contributed by atoms with Gasteiger partial charge in [-0.1, -0.05) is 52.8 Å². The van der Waals surface area contributed by atoms with Gasteiger partial charge in [0.05, 0.1) is 0 Å². The van der Waals surface area contributed by atoms with E-state index in [2.05, 4.69) is 76.7 Å². The van der Waals surface area contributed by atoms with Gasteiger partial charge in [-0.3, -0.25) is 0 Å². The van der Waals surface area contributed by atoms with Gasteiger partial charge in [-0.15, -0.1) is 0 Å². The van der Waals surface area contributed by atoms with E-state index in [0.717, 1.165) is 10.9 Å². The van der Waals surface area contributed by atoms with Crippen molar-refractivity contribution in [3.05, 3.63) is 58.6 Å². The fourth-order valence-electron chi connectivity index (χ4n) is 2.07. The Morgan fingerprint density at radius 2 is 1.79 bits per heavy atom. The number of hydrogen-bond donors (Lipinski definition) is 1. The van der Waals surface area contributed by atoms with Crippen LogP contribution in [-0.4, -0.2) is 7.05 Å². The molecular weight excluding hydrogens is 318 g/mol. The second kappa shape index (κ2) is 7.13. The minimum absolute atomic E-state index is 0.416. The van der Waals surface area contributed by atoms with E-state index in [9.17, 15) is 0 Å².